The van der Waals surface area contributed by atoms with Crippen LogP contribution in [-0.2, 0) is 4.79 Å². The highest BCUT2D eigenvalue weighted by Gasteiger charge is 2.01. The van der Waals surface area contributed by atoms with Crippen LogP contribution in [0, 0.1) is 0 Å². The molecule has 0 aliphatic carbocycles. The van der Waals surface area contributed by atoms with Crippen LogP contribution in [0.15, 0.2) is 30.3 Å². The second kappa shape index (κ2) is 5.19. The number of esters is 1. The Kier molecular flexibility index (Phi) is 3.88. The minimum absolute atomic E-state index is 0.0333. The fourth-order valence-corrected chi connectivity index (χ4v) is 1.05. The second-order valence-electron chi connectivity index (χ2n) is 2.72. The Morgan fingerprint density at radius 3 is 2.86 bits per heavy atom. The number of rotatable bonds is 3. The van der Waals surface area contributed by atoms with Crippen LogP contribution < -0.4 is 4.74 Å². The molecule has 1 rings (SSSR count). The van der Waals surface area contributed by atoms with E-state index in [2.05, 4.69) is 0 Å². The van der Waals surface area contributed by atoms with Crippen molar-refractivity contribution in [2.75, 3.05) is 6.61 Å². The number of aliphatic hydroxyl groups is 1. The molecule has 0 saturated carbocycles. The van der Waals surface area contributed by atoms with E-state index >= 15 is 0 Å². The summed E-state index contributed by atoms with van der Waals surface area (Å²) in [6, 6.07) is 7.14. The predicted molar refractivity (Wildman–Crippen MR) is 53.9 cm³/mol. The Labute approximate surface area is 82.6 Å². The lowest BCUT2D eigenvalue weighted by molar-refractivity contribution is -0.131. The molecular weight excluding hydrogens is 180 g/mol. The Balaban J connectivity index is 2.90. The number of benzene rings is 1. The smallest absolute Gasteiger partial charge is 0.308 e. The highest BCUT2D eigenvalue weighted by Crippen LogP contribution is 2.19. The van der Waals surface area contributed by atoms with E-state index < -0.39 is 0 Å². The molecule has 0 amide bonds. The molecule has 0 unspecified atom stereocenters. The fourth-order valence-electron chi connectivity index (χ4n) is 1.05. The van der Waals surface area contributed by atoms with E-state index in [1.807, 2.05) is 12.1 Å². The first-order chi connectivity index (χ1) is 6.74. The fraction of sp³-hybridized carbons (Fsp3) is 0.182. The van der Waals surface area contributed by atoms with Gasteiger partial charge < -0.3 is 9.84 Å². The van der Waals surface area contributed by atoms with Crippen LogP contribution in [0.25, 0.3) is 6.08 Å². The quantitative estimate of drug-likeness (QED) is 0.584. The number of para-hydroxylation sites is 1. The number of aliphatic hydroxyl groups excluding tert-OH is 1. The van der Waals surface area contributed by atoms with Crippen molar-refractivity contribution in [1.82, 2.24) is 0 Å². The van der Waals surface area contributed by atoms with Crippen LogP contribution in [0.1, 0.15) is 12.5 Å². The van der Waals surface area contributed by atoms with Gasteiger partial charge in [-0.15, -0.1) is 0 Å². The van der Waals surface area contributed by atoms with Crippen molar-refractivity contribution in [2.45, 2.75) is 6.92 Å². The monoisotopic (exact) mass is 192 g/mol. The molecule has 0 heterocycles. The predicted octanol–water partition coefficient (Wildman–Crippen LogP) is 1.62. The lowest BCUT2D eigenvalue weighted by Gasteiger charge is -2.04. The molecule has 0 saturated heterocycles. The third kappa shape index (κ3) is 3.03. The number of ether oxygens (including phenoxy) is 1. The third-order valence-corrected chi connectivity index (χ3v) is 1.58. The molecule has 74 valence electrons. The van der Waals surface area contributed by atoms with E-state index in [1.54, 1.807) is 24.3 Å². The van der Waals surface area contributed by atoms with Gasteiger partial charge in [-0.2, -0.15) is 0 Å². The van der Waals surface area contributed by atoms with E-state index in [-0.39, 0.29) is 12.6 Å². The topological polar surface area (TPSA) is 46.5 Å². The van der Waals surface area contributed by atoms with Crippen LogP contribution in [0.4, 0.5) is 0 Å². The van der Waals surface area contributed by atoms with Gasteiger partial charge in [0, 0.05) is 12.5 Å². The van der Waals surface area contributed by atoms with Gasteiger partial charge in [-0.05, 0) is 6.07 Å². The molecule has 0 spiro atoms. The first-order valence-electron chi connectivity index (χ1n) is 4.29. The summed E-state index contributed by atoms with van der Waals surface area (Å²) in [4.78, 5) is 10.7. The van der Waals surface area contributed by atoms with E-state index in [1.165, 1.54) is 6.92 Å². The van der Waals surface area contributed by atoms with E-state index in [0.717, 1.165) is 5.56 Å². The highest BCUT2D eigenvalue weighted by atomic mass is 16.5. The largest absolute Gasteiger partial charge is 0.426 e. The van der Waals surface area contributed by atoms with Gasteiger partial charge in [-0.3, -0.25) is 4.79 Å². The first-order valence-corrected chi connectivity index (χ1v) is 4.29. The molecule has 0 fully saturated rings. The molecule has 3 heteroatoms. The SMILES string of the molecule is CC(=O)Oc1ccccc1/C=C/CO. The Morgan fingerprint density at radius 2 is 2.21 bits per heavy atom. The number of hydrogen-bond acceptors (Lipinski definition) is 3. The van der Waals surface area contributed by atoms with Crippen molar-refractivity contribution < 1.29 is 14.6 Å². The Morgan fingerprint density at radius 1 is 1.50 bits per heavy atom. The molecule has 0 aliphatic heterocycles. The van der Waals surface area contributed by atoms with Crippen LogP contribution in [0.2, 0.25) is 0 Å². The zero-order valence-corrected chi connectivity index (χ0v) is 7.93. The van der Waals surface area contributed by atoms with Crippen molar-refractivity contribution in [1.29, 1.82) is 0 Å². The summed E-state index contributed by atoms with van der Waals surface area (Å²) in [7, 11) is 0. The van der Waals surface area contributed by atoms with Gasteiger partial charge in [0.05, 0.1) is 6.61 Å². The van der Waals surface area contributed by atoms with Crippen molar-refractivity contribution in [3.8, 4) is 5.75 Å². The zero-order valence-electron chi connectivity index (χ0n) is 7.93. The minimum atomic E-state index is -0.352. The molecule has 0 atom stereocenters. The van der Waals surface area contributed by atoms with Crippen molar-refractivity contribution in [2.24, 2.45) is 0 Å². The maximum atomic E-state index is 10.7. The van der Waals surface area contributed by atoms with E-state index in [0.29, 0.717) is 5.75 Å². The Bertz CT molecular complexity index is 342. The summed E-state index contributed by atoms with van der Waals surface area (Å²) < 4.78 is 4.97. The van der Waals surface area contributed by atoms with Gasteiger partial charge in [-0.25, -0.2) is 0 Å². The van der Waals surface area contributed by atoms with Crippen molar-refractivity contribution in [3.05, 3.63) is 35.9 Å². The van der Waals surface area contributed by atoms with Crippen LogP contribution in [0.3, 0.4) is 0 Å². The molecular formula is C11H12O3. The van der Waals surface area contributed by atoms with Gasteiger partial charge in [0.25, 0.3) is 0 Å². The minimum Gasteiger partial charge on any atom is -0.426 e. The molecule has 3 nitrogen and oxygen atoms in total. The van der Waals surface area contributed by atoms with E-state index in [4.69, 9.17) is 9.84 Å². The van der Waals surface area contributed by atoms with Gasteiger partial charge >= 0.3 is 5.97 Å². The summed E-state index contributed by atoms with van der Waals surface area (Å²) in [6.07, 6.45) is 3.29. The molecule has 0 radical (unpaired) electrons. The second-order valence-corrected chi connectivity index (χ2v) is 2.72. The van der Waals surface area contributed by atoms with E-state index in [9.17, 15) is 4.79 Å². The summed E-state index contributed by atoms with van der Waals surface area (Å²) in [6.45, 7) is 1.32. The third-order valence-electron chi connectivity index (χ3n) is 1.58. The maximum Gasteiger partial charge on any atom is 0.308 e. The van der Waals surface area contributed by atoms with Gasteiger partial charge in [0.2, 0.25) is 0 Å². The molecule has 1 N–H and O–H groups in total. The van der Waals surface area contributed by atoms with Crippen LogP contribution in [0.5, 0.6) is 5.75 Å². The average Bonchev–Trinajstić information content (AvgIpc) is 2.16. The normalized spacial score (nSPS) is 10.4. The van der Waals surface area contributed by atoms with Crippen LogP contribution in [-0.4, -0.2) is 17.7 Å². The number of hydrogen-bond donors (Lipinski definition) is 1. The lowest BCUT2D eigenvalue weighted by Crippen LogP contribution is -2.02. The van der Waals surface area contributed by atoms with Crippen molar-refractivity contribution in [3.63, 3.8) is 0 Å². The standard InChI is InChI=1S/C11H12O3/c1-9(13)14-11-7-3-2-5-10(11)6-4-8-12/h2-7,12H,8H2,1H3/b6-4+. The number of carbonyl (C=O) groups is 1. The summed E-state index contributed by atoms with van der Waals surface area (Å²) in [5.41, 5.74) is 0.775. The average molecular weight is 192 g/mol. The molecule has 1 aromatic rings. The van der Waals surface area contributed by atoms with Crippen LogP contribution >= 0.6 is 0 Å². The lowest BCUT2D eigenvalue weighted by atomic mass is 10.2. The molecule has 0 bridgehead atoms. The van der Waals surface area contributed by atoms with Crippen molar-refractivity contribution >= 4 is 12.0 Å². The van der Waals surface area contributed by atoms with Gasteiger partial charge in [0.1, 0.15) is 5.75 Å². The van der Waals surface area contributed by atoms with Gasteiger partial charge in [-0.1, -0.05) is 30.4 Å². The molecule has 0 aromatic heterocycles. The van der Waals surface area contributed by atoms with Gasteiger partial charge in [0.15, 0.2) is 0 Å². The summed E-state index contributed by atoms with van der Waals surface area (Å²) in [5, 5.41) is 8.61. The molecule has 14 heavy (non-hydrogen) atoms. The maximum absolute atomic E-state index is 10.7. The number of carbonyl (C=O) groups excluding carboxylic acids is 1. The highest BCUT2D eigenvalue weighted by molar-refractivity contribution is 5.71. The first kappa shape index (κ1) is 10.5. The molecule has 0 aliphatic rings. The summed E-state index contributed by atoms with van der Waals surface area (Å²) >= 11 is 0. The zero-order chi connectivity index (χ0) is 10.4. The molecule has 1 aromatic carbocycles. The summed E-state index contributed by atoms with van der Waals surface area (Å²) in [5.74, 6) is 0.152. The Hall–Kier alpha value is -1.61.